The van der Waals surface area contributed by atoms with Crippen molar-refractivity contribution in [2.24, 2.45) is 5.73 Å². The lowest BCUT2D eigenvalue weighted by Gasteiger charge is -2.19. The van der Waals surface area contributed by atoms with Gasteiger partial charge in [-0.15, -0.1) is 0 Å². The van der Waals surface area contributed by atoms with Gasteiger partial charge in [0, 0.05) is 19.6 Å². The molecule has 0 spiro atoms. The Kier molecular flexibility index (Phi) is 37.7. The number of esters is 1. The number of unbranched alkanes of at least 4 members (excludes halogenated alkanes) is 16. The van der Waals surface area contributed by atoms with Gasteiger partial charge in [0.25, 0.3) is 0 Å². The second kappa shape index (κ2) is 39.2. The van der Waals surface area contributed by atoms with Crippen LogP contribution in [-0.4, -0.2) is 55.0 Å². The average molecular weight is 740 g/mol. The zero-order valence-electron chi connectivity index (χ0n) is 32.0. The predicted octanol–water partition coefficient (Wildman–Crippen LogP) is 10.7. The molecular formula is C41H74NO8P. The number of phosphoric ester groups is 1. The molecule has 0 heterocycles. The number of aliphatic hydroxyl groups is 1. The molecule has 0 bridgehead atoms. The van der Waals surface area contributed by atoms with Crippen LogP contribution in [0.5, 0.6) is 0 Å². The number of nitrogens with two attached hydrogens (primary N) is 1. The van der Waals surface area contributed by atoms with E-state index in [1.165, 1.54) is 70.6 Å². The SMILES string of the molecule is CCCCCCCCCCCCCC/C=C\OCC(COP(=O)(O)OCCN)OC(=O)CCC/C=C\C/C=C\C/C=C\C/C=C\CCCCCO. The fourth-order valence-corrected chi connectivity index (χ4v) is 5.87. The van der Waals surface area contributed by atoms with Crippen molar-refractivity contribution < 1.29 is 37.9 Å². The van der Waals surface area contributed by atoms with Crippen LogP contribution >= 0.6 is 7.82 Å². The van der Waals surface area contributed by atoms with Gasteiger partial charge in [0.05, 0.1) is 19.5 Å². The molecule has 0 aliphatic carbocycles. The van der Waals surface area contributed by atoms with E-state index in [2.05, 4.69) is 55.5 Å². The van der Waals surface area contributed by atoms with Crippen molar-refractivity contribution >= 4 is 13.8 Å². The second-order valence-corrected chi connectivity index (χ2v) is 14.4. The minimum atomic E-state index is -4.31. The van der Waals surface area contributed by atoms with Gasteiger partial charge < -0.3 is 25.2 Å². The number of carbonyl (C=O) groups is 1. The van der Waals surface area contributed by atoms with Gasteiger partial charge in [-0.05, 0) is 70.3 Å². The van der Waals surface area contributed by atoms with Gasteiger partial charge in [0.15, 0.2) is 6.10 Å². The Bertz CT molecular complexity index is 965. The van der Waals surface area contributed by atoms with Crippen LogP contribution in [0.15, 0.2) is 60.9 Å². The van der Waals surface area contributed by atoms with Crippen LogP contribution in [0.25, 0.3) is 0 Å². The van der Waals surface area contributed by atoms with Gasteiger partial charge in [0.1, 0.15) is 6.61 Å². The molecule has 10 heteroatoms. The molecule has 296 valence electrons. The molecule has 51 heavy (non-hydrogen) atoms. The number of rotatable bonds is 38. The maximum atomic E-state index is 12.5. The second-order valence-electron chi connectivity index (χ2n) is 12.9. The highest BCUT2D eigenvalue weighted by molar-refractivity contribution is 7.47. The smallest absolute Gasteiger partial charge is 0.472 e. The topological polar surface area (TPSA) is 138 Å². The lowest BCUT2D eigenvalue weighted by Crippen LogP contribution is -2.27. The Morgan fingerprint density at radius 1 is 0.647 bits per heavy atom. The number of ether oxygens (including phenoxy) is 2. The first-order valence-electron chi connectivity index (χ1n) is 19.9. The minimum absolute atomic E-state index is 0.00181. The van der Waals surface area contributed by atoms with Crippen molar-refractivity contribution in [3.05, 3.63) is 60.9 Å². The number of hydrogen-bond acceptors (Lipinski definition) is 8. The quantitative estimate of drug-likeness (QED) is 0.0186. The van der Waals surface area contributed by atoms with Gasteiger partial charge in [-0.25, -0.2) is 4.57 Å². The largest absolute Gasteiger partial charge is 0.498 e. The maximum absolute atomic E-state index is 12.5. The van der Waals surface area contributed by atoms with Gasteiger partial charge in [-0.2, -0.15) is 0 Å². The summed E-state index contributed by atoms with van der Waals surface area (Å²) < 4.78 is 33.0. The van der Waals surface area contributed by atoms with Crippen LogP contribution < -0.4 is 5.73 Å². The monoisotopic (exact) mass is 740 g/mol. The van der Waals surface area contributed by atoms with E-state index in [-0.39, 0.29) is 39.4 Å². The standard InChI is InChI=1S/C41H74NO8P/c1-2-3-4-5-6-7-8-9-17-20-23-26-29-32-36-47-38-40(39-49-51(45,46)48-37-34-42)50-41(44)33-30-27-24-21-18-15-13-11-10-12-14-16-19-22-25-28-31-35-43/h10,12-13,15-16,19,21,24,32,36,40,43H,2-9,11,14,17-18,20,22-23,25-31,33-35,37-39,42H2,1H3,(H,45,46)/b12-10-,15-13-,19-16-,24-21-,36-32-. The first-order valence-corrected chi connectivity index (χ1v) is 21.4. The summed E-state index contributed by atoms with van der Waals surface area (Å²) >= 11 is 0. The lowest BCUT2D eigenvalue weighted by atomic mass is 10.0. The zero-order chi connectivity index (χ0) is 37.4. The zero-order valence-corrected chi connectivity index (χ0v) is 32.9. The van der Waals surface area contributed by atoms with E-state index in [1.54, 1.807) is 6.26 Å². The molecule has 0 saturated heterocycles. The van der Waals surface area contributed by atoms with Crippen molar-refractivity contribution in [3.8, 4) is 0 Å². The fraction of sp³-hybridized carbons (Fsp3) is 0.732. The summed E-state index contributed by atoms with van der Waals surface area (Å²) in [6.45, 7) is 2.16. The van der Waals surface area contributed by atoms with E-state index >= 15 is 0 Å². The number of allylic oxidation sites excluding steroid dienone is 9. The average Bonchev–Trinajstić information content (AvgIpc) is 3.12. The summed E-state index contributed by atoms with van der Waals surface area (Å²) in [5, 5.41) is 8.78. The Hall–Kier alpha value is -2.00. The molecule has 0 aliphatic heterocycles. The van der Waals surface area contributed by atoms with Crippen molar-refractivity contribution in [3.63, 3.8) is 0 Å². The molecule has 0 aromatic rings. The van der Waals surface area contributed by atoms with E-state index in [1.807, 2.05) is 6.08 Å². The summed E-state index contributed by atoms with van der Waals surface area (Å²) in [5.74, 6) is -0.417. The normalized spacial score (nSPS) is 14.1. The molecule has 0 aromatic carbocycles. The molecule has 4 N–H and O–H groups in total. The molecule has 0 aliphatic rings. The van der Waals surface area contributed by atoms with Crippen LogP contribution in [0.1, 0.15) is 155 Å². The first-order chi connectivity index (χ1) is 24.9. The molecule has 0 aromatic heterocycles. The Morgan fingerprint density at radius 3 is 1.69 bits per heavy atom. The minimum Gasteiger partial charge on any atom is -0.498 e. The summed E-state index contributed by atoms with van der Waals surface area (Å²) in [6, 6.07) is 0. The fourth-order valence-electron chi connectivity index (χ4n) is 5.11. The molecular weight excluding hydrogens is 665 g/mol. The van der Waals surface area contributed by atoms with Crippen molar-refractivity contribution in [2.45, 2.75) is 161 Å². The van der Waals surface area contributed by atoms with Gasteiger partial charge in [0.2, 0.25) is 0 Å². The van der Waals surface area contributed by atoms with Crippen molar-refractivity contribution in [2.75, 3.05) is 33.0 Å². The van der Waals surface area contributed by atoms with Crippen LogP contribution in [0.2, 0.25) is 0 Å². The third-order valence-corrected chi connectivity index (χ3v) is 9.04. The molecule has 0 fully saturated rings. The van der Waals surface area contributed by atoms with Gasteiger partial charge in [-0.1, -0.05) is 133 Å². The van der Waals surface area contributed by atoms with Crippen LogP contribution in [0.3, 0.4) is 0 Å². The third kappa shape index (κ3) is 39.0. The Labute approximate surface area is 311 Å². The summed E-state index contributed by atoms with van der Waals surface area (Å²) in [7, 11) is -4.31. The third-order valence-electron chi connectivity index (χ3n) is 8.06. The van der Waals surface area contributed by atoms with Gasteiger partial charge >= 0.3 is 13.8 Å². The molecule has 2 atom stereocenters. The highest BCUT2D eigenvalue weighted by atomic mass is 31.2. The Morgan fingerprint density at radius 2 is 1.14 bits per heavy atom. The molecule has 0 rings (SSSR count). The summed E-state index contributed by atoms with van der Waals surface area (Å²) in [6.07, 6.45) is 44.9. The molecule has 0 saturated carbocycles. The molecule has 9 nitrogen and oxygen atoms in total. The van der Waals surface area contributed by atoms with Crippen LogP contribution in [-0.2, 0) is 27.9 Å². The van der Waals surface area contributed by atoms with E-state index in [9.17, 15) is 14.3 Å². The molecule has 0 radical (unpaired) electrons. The molecule has 2 unspecified atom stereocenters. The summed E-state index contributed by atoms with van der Waals surface area (Å²) in [5.41, 5.74) is 5.34. The number of carbonyl (C=O) groups excluding carboxylic acids is 1. The Balaban J connectivity index is 4.24. The lowest BCUT2D eigenvalue weighted by molar-refractivity contribution is -0.153. The van der Waals surface area contributed by atoms with E-state index in [0.29, 0.717) is 6.42 Å². The van der Waals surface area contributed by atoms with E-state index in [0.717, 1.165) is 64.2 Å². The van der Waals surface area contributed by atoms with Crippen LogP contribution in [0, 0.1) is 0 Å². The number of hydrogen-bond donors (Lipinski definition) is 3. The number of aliphatic hydroxyl groups excluding tert-OH is 1. The molecule has 0 amide bonds. The van der Waals surface area contributed by atoms with Crippen molar-refractivity contribution in [1.29, 1.82) is 0 Å². The summed E-state index contributed by atoms with van der Waals surface area (Å²) in [4.78, 5) is 22.4. The predicted molar refractivity (Wildman–Crippen MR) is 211 cm³/mol. The van der Waals surface area contributed by atoms with E-state index < -0.39 is 19.9 Å². The highest BCUT2D eigenvalue weighted by Crippen LogP contribution is 2.43. The first kappa shape index (κ1) is 49.0. The van der Waals surface area contributed by atoms with Crippen molar-refractivity contribution in [1.82, 2.24) is 0 Å². The maximum Gasteiger partial charge on any atom is 0.472 e. The number of phosphoric acid groups is 1. The highest BCUT2D eigenvalue weighted by Gasteiger charge is 2.25. The van der Waals surface area contributed by atoms with E-state index in [4.69, 9.17) is 29.4 Å². The van der Waals surface area contributed by atoms with Gasteiger partial charge in [-0.3, -0.25) is 13.8 Å². The van der Waals surface area contributed by atoms with Crippen LogP contribution in [0.4, 0.5) is 0 Å².